The minimum absolute atomic E-state index is 0.00555. The number of hydrogen-bond donors (Lipinski definition) is 0. The van der Waals surface area contributed by atoms with Gasteiger partial charge in [-0.1, -0.05) is 311 Å². The van der Waals surface area contributed by atoms with E-state index in [0.29, 0.717) is 64.9 Å². The number of hydrogen-bond acceptors (Lipinski definition) is 14. The quantitative estimate of drug-likeness (QED) is 0.0273. The summed E-state index contributed by atoms with van der Waals surface area (Å²) in [6.07, 6.45) is 60.2. The molecule has 2 amide bonds. The van der Waals surface area contributed by atoms with E-state index in [-0.39, 0.29) is 68.0 Å². The van der Waals surface area contributed by atoms with E-state index in [0.717, 1.165) is 188 Å². The maximum Gasteiger partial charge on any atom is 0.261 e. The monoisotopic (exact) mass is 1650 g/mol. The fourth-order valence-electron chi connectivity index (χ4n) is 16.9. The van der Waals surface area contributed by atoms with Crippen LogP contribution in [0.25, 0.3) is 75.2 Å². The highest BCUT2D eigenvalue weighted by molar-refractivity contribution is 7.17. The number of halogens is 4. The van der Waals surface area contributed by atoms with E-state index in [1.807, 2.05) is 21.9 Å². The largest absolute Gasteiger partial charge is 0.306 e. The van der Waals surface area contributed by atoms with Crippen LogP contribution in [0.15, 0.2) is 47.8 Å². The van der Waals surface area contributed by atoms with Crippen molar-refractivity contribution in [2.24, 2.45) is 11.8 Å². The maximum atomic E-state index is 17.6. The Kier molecular flexibility index (Phi) is 38.7. The molecule has 112 heavy (non-hydrogen) atoms. The molecule has 0 aliphatic carbocycles. The number of thiazole rings is 2. The molecule has 20 heteroatoms. The molecule has 6 aromatic heterocycles. The van der Waals surface area contributed by atoms with Crippen molar-refractivity contribution in [1.82, 2.24) is 37.3 Å². The van der Waals surface area contributed by atoms with Crippen LogP contribution in [0.2, 0.25) is 0 Å². The summed E-state index contributed by atoms with van der Waals surface area (Å²) >= 11 is 7.07. The van der Waals surface area contributed by atoms with Crippen LogP contribution in [0.3, 0.4) is 0 Å². The van der Waals surface area contributed by atoms with E-state index in [1.54, 1.807) is 24.5 Å². The van der Waals surface area contributed by atoms with Crippen molar-refractivity contribution < 1.29 is 27.2 Å². The van der Waals surface area contributed by atoms with Crippen molar-refractivity contribution in [2.75, 3.05) is 13.1 Å². The highest BCUT2D eigenvalue weighted by atomic mass is 32.1. The van der Waals surface area contributed by atoms with Crippen LogP contribution in [0.4, 0.5) is 17.6 Å². The Bertz CT molecular complexity index is 3950. The second-order valence-corrected chi connectivity index (χ2v) is 37.8. The molecule has 2 atom stereocenters. The summed E-state index contributed by atoms with van der Waals surface area (Å²) in [5, 5.41) is 1.73. The predicted molar refractivity (Wildman–Crippen MR) is 471 cm³/mol. The number of nitrogens with zero attached hydrogens (tertiary/aromatic N) is 8. The molecule has 2 aromatic carbocycles. The molecule has 0 fully saturated rings. The zero-order valence-electron chi connectivity index (χ0n) is 68.7. The minimum Gasteiger partial charge on any atom is -0.306 e. The summed E-state index contributed by atoms with van der Waals surface area (Å²) in [6, 6.07) is 7.36. The number of thiophene rings is 2. The van der Waals surface area contributed by atoms with Crippen molar-refractivity contribution in [2.45, 2.75) is 363 Å². The summed E-state index contributed by atoms with van der Waals surface area (Å²) in [5.41, 5.74) is 2.72. The molecule has 8 aromatic rings. The van der Waals surface area contributed by atoms with Crippen LogP contribution in [0.1, 0.15) is 370 Å². The molecule has 614 valence electrons. The molecule has 8 heterocycles. The number of aromatic nitrogens is 6. The molecule has 2 unspecified atom stereocenters. The lowest BCUT2D eigenvalue weighted by molar-refractivity contribution is -0.124. The third-order valence-corrected chi connectivity index (χ3v) is 28.8. The van der Waals surface area contributed by atoms with E-state index in [9.17, 15) is 0 Å². The second kappa shape index (κ2) is 48.6. The van der Waals surface area contributed by atoms with Gasteiger partial charge in [0.1, 0.15) is 22.1 Å². The van der Waals surface area contributed by atoms with E-state index >= 15 is 27.2 Å². The van der Waals surface area contributed by atoms with Gasteiger partial charge in [0.25, 0.3) is 11.8 Å². The van der Waals surface area contributed by atoms with Crippen LogP contribution in [-0.2, 0) is 22.4 Å². The first kappa shape index (κ1) is 89.2. The van der Waals surface area contributed by atoms with Crippen LogP contribution < -0.4 is 0 Å². The first-order valence-electron chi connectivity index (χ1n) is 44.5. The average Bonchev–Trinajstić information content (AvgIpc) is 1.55. The number of benzene rings is 2. The van der Waals surface area contributed by atoms with Crippen LogP contribution in [-0.4, -0.2) is 62.2 Å². The van der Waals surface area contributed by atoms with Gasteiger partial charge in [-0.25, -0.2) is 27.5 Å². The molecule has 2 aliphatic rings. The van der Waals surface area contributed by atoms with Crippen LogP contribution >= 0.6 is 68.8 Å². The third-order valence-electron chi connectivity index (χ3n) is 23.4. The molecule has 10 nitrogen and oxygen atoms in total. The van der Waals surface area contributed by atoms with Crippen molar-refractivity contribution in [3.8, 4) is 41.8 Å². The minimum atomic E-state index is -1.03. The Morgan fingerprint density at radius 3 is 0.821 bits per heavy atom. The Morgan fingerprint density at radius 2 is 0.545 bits per heavy atom. The van der Waals surface area contributed by atoms with Crippen molar-refractivity contribution in [3.05, 3.63) is 90.8 Å². The molecule has 2 aliphatic heterocycles. The lowest BCUT2D eigenvalue weighted by Gasteiger charge is -2.29. The number of aryl methyl sites for hydroxylation is 2. The topological polar surface area (TPSA) is 118 Å². The van der Waals surface area contributed by atoms with E-state index in [1.165, 1.54) is 212 Å². The van der Waals surface area contributed by atoms with Gasteiger partial charge in [0, 0.05) is 35.2 Å². The molecule has 0 saturated carbocycles. The highest BCUT2D eigenvalue weighted by Gasteiger charge is 2.50. The molecule has 0 N–H and O–H groups in total. The number of rotatable bonds is 60. The zero-order chi connectivity index (χ0) is 78.8. The lowest BCUT2D eigenvalue weighted by atomic mass is 9.93. The predicted octanol–water partition coefficient (Wildman–Crippen LogP) is 30.9. The number of unbranched alkanes of at least 4 members (excludes halogenated alkanes) is 38. The van der Waals surface area contributed by atoms with E-state index in [4.69, 9.17) is 8.75 Å². The normalized spacial score (nSPS) is 13.9. The van der Waals surface area contributed by atoms with Gasteiger partial charge in [0.05, 0.1) is 97.8 Å². The summed E-state index contributed by atoms with van der Waals surface area (Å²) in [7, 11) is 0. The number of carbonyl (C=O) groups is 2. The SMILES string of the molecule is CCCCCCCCCCCCC(CCCCCCCCCC)CN1C(=O)C2=C(c3ccc(-c4c(F)c(F)c(-c5cnc(CCCCCC)s5)c5nsnc45)s3)N(CC(CCCCCCCCCC)CCCCCCCCCCCC)C(=O)C2=C1c1ccc(-c2c(F)c(F)c(-c3cnc(CCCCCC)s3)c3nsnc23)s1. The Labute approximate surface area is 693 Å². The maximum absolute atomic E-state index is 17.6. The standard InChI is InChI=1S/C92H130F4N8O2S6/c1-7-13-19-25-29-33-35-39-43-47-53-65(51-45-41-37-31-27-21-15-9-3)63-103-89(69-59-57-67(107-69)75-81(93)83(95)77(87-85(75)99-111-101-87)71-61-97-73(109-71)55-49-23-17-11-5)79-80(91(103)105)90(104(92(79)106)64-66(52-46-42-38-32-28-22-16-10-4)54-48-44-40-36-34-30-26-20-14-8-2)70-60-58-68(108-70)76-82(94)84(96)78(88-86(76)100-112-102-88)72-62-98-74(110-72)56-50-24-18-12-6/h57-62,65-66H,7-56,63-64H2,1-6H3. The van der Waals surface area contributed by atoms with Gasteiger partial charge < -0.3 is 9.80 Å². The summed E-state index contributed by atoms with van der Waals surface area (Å²) in [4.78, 5) is 49.7. The van der Waals surface area contributed by atoms with Gasteiger partial charge in [0.2, 0.25) is 0 Å². The van der Waals surface area contributed by atoms with E-state index < -0.39 is 23.3 Å². The number of amides is 2. The second-order valence-electron chi connectivity index (χ2n) is 32.3. The molecule has 0 spiro atoms. The van der Waals surface area contributed by atoms with Crippen molar-refractivity contribution in [3.63, 3.8) is 0 Å². The Balaban J connectivity index is 1.08. The fraction of sp³-hybridized carbons (Fsp3) is 0.652. The molecule has 10 rings (SSSR count). The smallest absolute Gasteiger partial charge is 0.261 e. The summed E-state index contributed by atoms with van der Waals surface area (Å²) in [6.45, 7) is 14.1. The molecular weight excluding hydrogens is 1520 g/mol. The van der Waals surface area contributed by atoms with Gasteiger partial charge in [0.15, 0.2) is 23.3 Å². The summed E-state index contributed by atoms with van der Waals surface area (Å²) in [5.74, 6) is -4.44. The van der Waals surface area contributed by atoms with Crippen LogP contribution in [0.5, 0.6) is 0 Å². The van der Waals surface area contributed by atoms with Gasteiger partial charge >= 0.3 is 0 Å². The Morgan fingerprint density at radius 1 is 0.304 bits per heavy atom. The number of carbonyl (C=O) groups excluding carboxylic acids is 2. The number of fused-ring (bicyclic) bond motifs is 3. The van der Waals surface area contributed by atoms with Crippen molar-refractivity contribution >= 4 is 114 Å². The van der Waals surface area contributed by atoms with Gasteiger partial charge in [-0.3, -0.25) is 9.59 Å². The van der Waals surface area contributed by atoms with Gasteiger partial charge in [-0.2, -0.15) is 17.5 Å². The van der Waals surface area contributed by atoms with E-state index in [2.05, 4.69) is 60.3 Å². The van der Waals surface area contributed by atoms with Crippen molar-refractivity contribution in [1.29, 1.82) is 0 Å². The molecular formula is C92H130F4N8O2S6. The van der Waals surface area contributed by atoms with Gasteiger partial charge in [-0.05, 0) is 87.5 Å². The first-order chi connectivity index (χ1) is 55.0. The first-order valence-corrected chi connectivity index (χ1v) is 49.2. The average molecular weight is 1650 g/mol. The molecule has 0 radical (unpaired) electrons. The highest BCUT2D eigenvalue weighted by Crippen LogP contribution is 2.53. The fourth-order valence-corrected chi connectivity index (χ4v) is 22.2. The Hall–Kier alpha value is -5.12. The van der Waals surface area contributed by atoms with Crippen LogP contribution in [0, 0.1) is 35.1 Å². The lowest BCUT2D eigenvalue weighted by Crippen LogP contribution is -2.34. The summed E-state index contributed by atoms with van der Waals surface area (Å²) < 4.78 is 88.6. The zero-order valence-corrected chi connectivity index (χ0v) is 73.6. The van der Waals surface area contributed by atoms with Gasteiger partial charge in [-0.15, -0.1) is 45.3 Å². The third kappa shape index (κ3) is 24.5. The molecule has 0 saturated heterocycles. The molecule has 0 bridgehead atoms.